The molecule has 1 amide bonds. The molecular weight excluding hydrogens is 542 g/mol. The highest BCUT2D eigenvalue weighted by Gasteiger charge is 2.30. The van der Waals surface area contributed by atoms with Crippen LogP contribution in [-0.2, 0) is 14.8 Å². The fourth-order valence-corrected chi connectivity index (χ4v) is 6.94. The Labute approximate surface area is 239 Å². The molecule has 41 heavy (non-hydrogen) atoms. The Morgan fingerprint density at radius 3 is 2.73 bits per heavy atom. The molecule has 0 spiro atoms. The number of ether oxygens (including phenoxy) is 1. The highest BCUT2D eigenvalue weighted by atomic mass is 32.2. The highest BCUT2D eigenvalue weighted by Crippen LogP contribution is 2.31. The van der Waals surface area contributed by atoms with Crippen LogP contribution in [0.3, 0.4) is 0 Å². The number of nitrogens with zero attached hydrogens (tertiary/aromatic N) is 5. The van der Waals surface area contributed by atoms with Gasteiger partial charge in [0.15, 0.2) is 5.65 Å². The quantitative estimate of drug-likeness (QED) is 0.345. The zero-order chi connectivity index (χ0) is 28.7. The van der Waals surface area contributed by atoms with Gasteiger partial charge in [0.2, 0.25) is 10.0 Å². The van der Waals surface area contributed by atoms with E-state index in [1.54, 1.807) is 17.4 Å². The van der Waals surface area contributed by atoms with Crippen molar-refractivity contribution in [1.29, 1.82) is 0 Å². The van der Waals surface area contributed by atoms with Gasteiger partial charge in [-0.25, -0.2) is 18.4 Å². The third-order valence-corrected chi connectivity index (χ3v) is 9.84. The van der Waals surface area contributed by atoms with E-state index in [0.717, 1.165) is 34.7 Å². The number of anilines is 1. The average molecular weight is 578 g/mol. The molecule has 1 aromatic carbocycles. The number of sulfonamides is 1. The van der Waals surface area contributed by atoms with E-state index >= 15 is 0 Å². The molecule has 2 aliphatic rings. The summed E-state index contributed by atoms with van der Waals surface area (Å²) in [6.45, 7) is 9.03. The first kappa shape index (κ1) is 27.4. The maximum Gasteiger partial charge on any atom is 0.254 e. The Hall–Kier alpha value is -3.74. The number of nitrogens with one attached hydrogen (secondary N) is 2. The Morgan fingerprint density at radius 1 is 1.15 bits per heavy atom. The molecule has 6 rings (SSSR count). The summed E-state index contributed by atoms with van der Waals surface area (Å²) >= 11 is 0. The predicted octanol–water partition coefficient (Wildman–Crippen LogP) is 3.34. The fourth-order valence-electron chi connectivity index (χ4n) is 5.78. The first-order chi connectivity index (χ1) is 19.7. The zero-order valence-electron chi connectivity index (χ0n) is 23.6. The largest absolute Gasteiger partial charge is 0.379 e. The van der Waals surface area contributed by atoms with Gasteiger partial charge in [0.05, 0.1) is 24.7 Å². The number of carbonyl (C=O) groups excluding carboxylic acids is 1. The lowest BCUT2D eigenvalue weighted by Crippen LogP contribution is -2.40. The van der Waals surface area contributed by atoms with E-state index in [4.69, 9.17) is 9.72 Å². The van der Waals surface area contributed by atoms with Gasteiger partial charge in [-0.1, -0.05) is 6.07 Å². The fraction of sp³-hybridized carbons (Fsp3) is 0.414. The molecule has 0 bridgehead atoms. The van der Waals surface area contributed by atoms with Gasteiger partial charge in [-0.2, -0.15) is 4.31 Å². The summed E-state index contributed by atoms with van der Waals surface area (Å²) in [5, 5.41) is 3.50. The van der Waals surface area contributed by atoms with Crippen molar-refractivity contribution in [2.45, 2.75) is 33.2 Å². The van der Waals surface area contributed by atoms with E-state index in [1.165, 1.54) is 0 Å². The number of H-pyrrole nitrogens is 1. The number of fused-ring (bicyclic) bond motifs is 1. The van der Waals surface area contributed by atoms with Gasteiger partial charge in [-0.3, -0.25) is 4.79 Å². The molecule has 4 aromatic rings. The molecule has 2 N–H and O–H groups in total. The standard InChI is InChI=1S/C29H35N7O4S/c1-4-41(38,39)35-11-9-22(18-35)31-25-8-10-30-28-26(25)32-27(33-28)24-16-19(2)36(20(24)3)23-7-5-6-21(17-23)29(37)34-12-14-40-15-13-34/h5-8,10,16-17,22H,4,9,11-15,18H2,1-3H3,(H2,30,31,32,33)/t22-/m0/s1. The van der Waals surface area contributed by atoms with Gasteiger partial charge in [0, 0.05) is 66.6 Å². The van der Waals surface area contributed by atoms with Crippen LogP contribution in [0.15, 0.2) is 42.6 Å². The lowest BCUT2D eigenvalue weighted by Gasteiger charge is -2.27. The number of imidazole rings is 1. The van der Waals surface area contributed by atoms with Crippen LogP contribution in [0.4, 0.5) is 5.69 Å². The summed E-state index contributed by atoms with van der Waals surface area (Å²) in [5.41, 5.74) is 6.70. The second kappa shape index (κ2) is 10.9. The summed E-state index contributed by atoms with van der Waals surface area (Å²) in [6.07, 6.45) is 2.46. The average Bonchev–Trinajstić information content (AvgIpc) is 3.71. The van der Waals surface area contributed by atoms with Crippen LogP contribution in [0.1, 0.15) is 35.1 Å². The number of aryl methyl sites for hydroxylation is 1. The molecule has 1 atom stereocenters. The molecule has 0 saturated carbocycles. The third-order valence-electron chi connectivity index (χ3n) is 7.99. The summed E-state index contributed by atoms with van der Waals surface area (Å²) in [6, 6.07) is 11.7. The topological polar surface area (TPSA) is 125 Å². The van der Waals surface area contributed by atoms with E-state index in [1.807, 2.05) is 49.1 Å². The molecule has 0 radical (unpaired) electrons. The van der Waals surface area contributed by atoms with Crippen LogP contribution in [0.2, 0.25) is 0 Å². The van der Waals surface area contributed by atoms with Crippen molar-refractivity contribution in [3.63, 3.8) is 0 Å². The summed E-state index contributed by atoms with van der Waals surface area (Å²) in [5.74, 6) is 0.816. The van der Waals surface area contributed by atoms with Crippen molar-refractivity contribution in [2.75, 3.05) is 50.5 Å². The minimum Gasteiger partial charge on any atom is -0.379 e. The first-order valence-corrected chi connectivity index (χ1v) is 15.6. The molecule has 12 heteroatoms. The number of hydrogen-bond acceptors (Lipinski definition) is 7. The second-order valence-corrected chi connectivity index (χ2v) is 12.9. The number of benzene rings is 1. The lowest BCUT2D eigenvalue weighted by molar-refractivity contribution is 0.0303. The van der Waals surface area contributed by atoms with E-state index in [9.17, 15) is 13.2 Å². The lowest BCUT2D eigenvalue weighted by atomic mass is 10.1. The van der Waals surface area contributed by atoms with Crippen LogP contribution in [0, 0.1) is 13.8 Å². The minimum absolute atomic E-state index is 0.000381. The van der Waals surface area contributed by atoms with Crippen molar-refractivity contribution in [3.05, 3.63) is 59.5 Å². The van der Waals surface area contributed by atoms with Crippen LogP contribution in [0.25, 0.3) is 28.2 Å². The van der Waals surface area contributed by atoms with Crippen molar-refractivity contribution >= 4 is 32.8 Å². The highest BCUT2D eigenvalue weighted by molar-refractivity contribution is 7.89. The van der Waals surface area contributed by atoms with Crippen LogP contribution in [0.5, 0.6) is 0 Å². The maximum atomic E-state index is 13.1. The Morgan fingerprint density at radius 2 is 1.95 bits per heavy atom. The number of morpholine rings is 1. The number of carbonyl (C=O) groups is 1. The molecule has 3 aromatic heterocycles. The number of amides is 1. The van der Waals surface area contributed by atoms with E-state index in [0.29, 0.717) is 61.9 Å². The molecule has 2 saturated heterocycles. The van der Waals surface area contributed by atoms with Gasteiger partial charge in [0.25, 0.3) is 5.91 Å². The summed E-state index contributed by atoms with van der Waals surface area (Å²) < 4.78 is 33.7. The van der Waals surface area contributed by atoms with E-state index in [-0.39, 0.29) is 17.7 Å². The third kappa shape index (κ3) is 5.22. The van der Waals surface area contributed by atoms with Crippen molar-refractivity contribution in [2.24, 2.45) is 0 Å². The molecule has 216 valence electrons. The van der Waals surface area contributed by atoms with Crippen molar-refractivity contribution < 1.29 is 17.9 Å². The van der Waals surface area contributed by atoms with Gasteiger partial charge in [-0.05, 0) is 57.5 Å². The molecule has 5 heterocycles. The van der Waals surface area contributed by atoms with Gasteiger partial charge in [0.1, 0.15) is 11.3 Å². The van der Waals surface area contributed by atoms with E-state index < -0.39 is 10.0 Å². The molecule has 11 nitrogen and oxygen atoms in total. The van der Waals surface area contributed by atoms with Crippen LogP contribution in [-0.4, -0.2) is 94.2 Å². The smallest absolute Gasteiger partial charge is 0.254 e. The Balaban J connectivity index is 1.28. The molecule has 2 fully saturated rings. The van der Waals surface area contributed by atoms with Gasteiger partial charge < -0.3 is 24.5 Å². The zero-order valence-corrected chi connectivity index (χ0v) is 24.4. The summed E-state index contributed by atoms with van der Waals surface area (Å²) in [4.78, 5) is 27.8. The van der Waals surface area contributed by atoms with Crippen molar-refractivity contribution in [1.82, 2.24) is 28.7 Å². The number of rotatable bonds is 7. The molecule has 2 aliphatic heterocycles. The number of aromatic amines is 1. The Bertz CT molecular complexity index is 1710. The van der Waals surface area contributed by atoms with Gasteiger partial charge in [-0.15, -0.1) is 0 Å². The molecule has 0 unspecified atom stereocenters. The number of hydrogen-bond donors (Lipinski definition) is 2. The van der Waals surface area contributed by atoms with Crippen molar-refractivity contribution in [3.8, 4) is 17.1 Å². The maximum absolute atomic E-state index is 13.1. The minimum atomic E-state index is -3.21. The SMILES string of the molecule is CCS(=O)(=O)N1CC[C@H](Nc2ccnc3[nH]c(-c4cc(C)n(-c5cccc(C(=O)N6CCOCC6)c5)c4C)nc23)C1. The predicted molar refractivity (Wildman–Crippen MR) is 158 cm³/mol. The first-order valence-electron chi connectivity index (χ1n) is 14.0. The normalized spacial score (nSPS) is 18.3. The monoisotopic (exact) mass is 577 g/mol. The van der Waals surface area contributed by atoms with Crippen LogP contribution >= 0.6 is 0 Å². The second-order valence-electron chi connectivity index (χ2n) is 10.6. The van der Waals surface area contributed by atoms with Crippen LogP contribution < -0.4 is 5.32 Å². The molecular formula is C29H35N7O4S. The molecule has 0 aliphatic carbocycles. The summed E-state index contributed by atoms with van der Waals surface area (Å²) in [7, 11) is -3.21. The number of pyridine rings is 1. The number of aromatic nitrogens is 4. The van der Waals surface area contributed by atoms with E-state index in [2.05, 4.69) is 25.9 Å². The Kier molecular flexibility index (Phi) is 7.30. The van der Waals surface area contributed by atoms with Gasteiger partial charge >= 0.3 is 0 Å².